The van der Waals surface area contributed by atoms with E-state index in [-0.39, 0.29) is 17.8 Å². The Hall–Kier alpha value is -0.300. The first-order valence-corrected chi connectivity index (χ1v) is 8.11. The van der Waals surface area contributed by atoms with Crippen LogP contribution >= 0.6 is 34.4 Å². The van der Waals surface area contributed by atoms with E-state index in [4.69, 9.17) is 0 Å². The van der Waals surface area contributed by atoms with Crippen LogP contribution in [0.2, 0.25) is 0 Å². The van der Waals surface area contributed by atoms with Gasteiger partial charge in [-0.3, -0.25) is 4.79 Å². The highest BCUT2D eigenvalue weighted by Gasteiger charge is 2.13. The molecule has 1 aromatic carbocycles. The Labute approximate surface area is 125 Å². The molecular formula is C13H17FINOS. The van der Waals surface area contributed by atoms with Crippen molar-refractivity contribution in [1.82, 2.24) is 5.32 Å². The summed E-state index contributed by atoms with van der Waals surface area (Å²) in [4.78, 5) is 12.0. The molecule has 0 saturated heterocycles. The fourth-order valence-corrected chi connectivity index (χ4v) is 2.98. The van der Waals surface area contributed by atoms with Crippen LogP contribution in [0.4, 0.5) is 4.39 Å². The van der Waals surface area contributed by atoms with Gasteiger partial charge in [0.15, 0.2) is 0 Å². The third kappa shape index (κ3) is 5.14. The molecule has 1 atom stereocenters. The molecule has 18 heavy (non-hydrogen) atoms. The van der Waals surface area contributed by atoms with Crippen LogP contribution in [0.5, 0.6) is 0 Å². The van der Waals surface area contributed by atoms with E-state index in [9.17, 15) is 9.18 Å². The van der Waals surface area contributed by atoms with Crippen LogP contribution in [0.15, 0.2) is 18.2 Å². The van der Waals surface area contributed by atoms with E-state index in [1.807, 2.05) is 41.3 Å². The Morgan fingerprint density at radius 2 is 2.28 bits per heavy atom. The van der Waals surface area contributed by atoms with E-state index in [0.29, 0.717) is 9.13 Å². The molecule has 5 heteroatoms. The van der Waals surface area contributed by atoms with E-state index in [2.05, 4.69) is 12.2 Å². The van der Waals surface area contributed by atoms with Gasteiger partial charge < -0.3 is 5.32 Å². The van der Waals surface area contributed by atoms with Crippen molar-refractivity contribution in [3.05, 3.63) is 33.1 Å². The molecule has 1 rings (SSSR count). The topological polar surface area (TPSA) is 29.1 Å². The van der Waals surface area contributed by atoms with Crippen LogP contribution in [-0.4, -0.2) is 23.5 Å². The summed E-state index contributed by atoms with van der Waals surface area (Å²) in [6, 6.07) is 4.35. The van der Waals surface area contributed by atoms with E-state index < -0.39 is 0 Å². The molecule has 0 spiro atoms. The molecule has 0 saturated carbocycles. The van der Waals surface area contributed by atoms with Gasteiger partial charge in [0.05, 0.1) is 5.56 Å². The third-order valence-electron chi connectivity index (χ3n) is 2.45. The summed E-state index contributed by atoms with van der Waals surface area (Å²) in [5.41, 5.74) is 0.534. The number of nitrogens with one attached hydrogen (secondary N) is 1. The number of hydrogen-bond donors (Lipinski definition) is 1. The number of amides is 1. The van der Waals surface area contributed by atoms with Crippen molar-refractivity contribution >= 4 is 40.3 Å². The molecule has 0 aromatic heterocycles. The van der Waals surface area contributed by atoms with Crippen LogP contribution < -0.4 is 5.32 Å². The lowest BCUT2D eigenvalue weighted by atomic mass is 10.2. The molecule has 0 aliphatic heterocycles. The van der Waals surface area contributed by atoms with Crippen molar-refractivity contribution in [1.29, 1.82) is 0 Å². The molecule has 0 bridgehead atoms. The van der Waals surface area contributed by atoms with E-state index in [1.165, 1.54) is 18.2 Å². The maximum atomic E-state index is 12.9. The summed E-state index contributed by atoms with van der Waals surface area (Å²) in [6.45, 7) is 4.11. The minimum Gasteiger partial charge on any atom is -0.350 e. The maximum absolute atomic E-state index is 12.9. The Morgan fingerprint density at radius 3 is 2.89 bits per heavy atom. The molecule has 1 aromatic rings. The zero-order chi connectivity index (χ0) is 13.5. The minimum absolute atomic E-state index is 0.131. The van der Waals surface area contributed by atoms with Gasteiger partial charge in [0, 0.05) is 9.61 Å². The predicted octanol–water partition coefficient (Wildman–Crippen LogP) is 3.69. The predicted molar refractivity (Wildman–Crippen MR) is 83.7 cm³/mol. The standard InChI is InChI=1S/C13H17FINOS/c1-3-18-7-6-9(2)16-13(17)11-5-4-10(14)8-12(11)15/h4-5,8-9H,3,6-7H2,1-2H3,(H,16,17). The van der Waals surface area contributed by atoms with Crippen molar-refractivity contribution in [2.24, 2.45) is 0 Å². The fraction of sp³-hybridized carbons (Fsp3) is 0.462. The second kappa shape index (κ2) is 7.99. The van der Waals surface area contributed by atoms with Crippen molar-refractivity contribution in [2.75, 3.05) is 11.5 Å². The molecule has 0 radical (unpaired) electrons. The second-order valence-corrected chi connectivity index (χ2v) is 6.54. The molecule has 1 N–H and O–H groups in total. The van der Waals surface area contributed by atoms with Crippen LogP contribution in [0.1, 0.15) is 30.6 Å². The molecule has 0 aliphatic rings. The molecule has 1 amide bonds. The van der Waals surface area contributed by atoms with Crippen molar-refractivity contribution in [2.45, 2.75) is 26.3 Å². The van der Waals surface area contributed by atoms with Crippen LogP contribution in [0, 0.1) is 9.39 Å². The average Bonchev–Trinajstić information content (AvgIpc) is 2.28. The van der Waals surface area contributed by atoms with Crippen LogP contribution in [0.3, 0.4) is 0 Å². The Kier molecular flexibility index (Phi) is 6.99. The quantitative estimate of drug-likeness (QED) is 0.602. The number of carbonyl (C=O) groups is 1. The lowest BCUT2D eigenvalue weighted by molar-refractivity contribution is 0.0938. The summed E-state index contributed by atoms with van der Waals surface area (Å²) in [5, 5.41) is 2.94. The minimum atomic E-state index is -0.316. The van der Waals surface area contributed by atoms with Gasteiger partial charge in [-0.2, -0.15) is 11.8 Å². The van der Waals surface area contributed by atoms with Gasteiger partial charge in [-0.15, -0.1) is 0 Å². The van der Waals surface area contributed by atoms with E-state index in [0.717, 1.165) is 17.9 Å². The summed E-state index contributed by atoms with van der Waals surface area (Å²) in [7, 11) is 0. The molecule has 0 aliphatic carbocycles. The molecule has 0 heterocycles. The Bertz CT molecular complexity index is 414. The van der Waals surface area contributed by atoms with E-state index >= 15 is 0 Å². The van der Waals surface area contributed by atoms with Crippen molar-refractivity contribution in [3.63, 3.8) is 0 Å². The normalized spacial score (nSPS) is 12.2. The summed E-state index contributed by atoms with van der Waals surface area (Å²) in [5.74, 6) is 1.69. The zero-order valence-electron chi connectivity index (χ0n) is 10.5. The second-order valence-electron chi connectivity index (χ2n) is 3.98. The SMILES string of the molecule is CCSCCC(C)NC(=O)c1ccc(F)cc1I. The highest BCUT2D eigenvalue weighted by Crippen LogP contribution is 2.14. The highest BCUT2D eigenvalue weighted by molar-refractivity contribution is 14.1. The number of thioether (sulfide) groups is 1. The van der Waals surface area contributed by atoms with Gasteiger partial charge in [-0.1, -0.05) is 6.92 Å². The molecule has 1 unspecified atom stereocenters. The fourth-order valence-electron chi connectivity index (χ4n) is 1.45. The van der Waals surface area contributed by atoms with Crippen LogP contribution in [0.25, 0.3) is 0 Å². The Morgan fingerprint density at radius 1 is 1.56 bits per heavy atom. The number of hydrogen-bond acceptors (Lipinski definition) is 2. The summed E-state index contributed by atoms with van der Waals surface area (Å²) in [6.07, 6.45) is 0.946. The highest BCUT2D eigenvalue weighted by atomic mass is 127. The maximum Gasteiger partial charge on any atom is 0.252 e. The smallest absolute Gasteiger partial charge is 0.252 e. The van der Waals surface area contributed by atoms with E-state index in [1.54, 1.807) is 0 Å². The number of benzene rings is 1. The molecule has 0 fully saturated rings. The van der Waals surface area contributed by atoms with Gasteiger partial charge in [0.25, 0.3) is 5.91 Å². The van der Waals surface area contributed by atoms with Gasteiger partial charge in [-0.05, 0) is 65.6 Å². The van der Waals surface area contributed by atoms with Crippen molar-refractivity contribution < 1.29 is 9.18 Å². The number of rotatable bonds is 6. The van der Waals surface area contributed by atoms with Gasteiger partial charge in [-0.25, -0.2) is 4.39 Å². The number of halogens is 2. The number of carbonyl (C=O) groups excluding carboxylic acids is 1. The third-order valence-corrected chi connectivity index (χ3v) is 4.28. The molecule has 100 valence electrons. The first-order valence-electron chi connectivity index (χ1n) is 5.88. The van der Waals surface area contributed by atoms with Crippen LogP contribution in [-0.2, 0) is 0 Å². The molecule has 2 nitrogen and oxygen atoms in total. The summed E-state index contributed by atoms with van der Waals surface area (Å²) < 4.78 is 13.6. The average molecular weight is 381 g/mol. The first-order chi connectivity index (χ1) is 8.54. The van der Waals surface area contributed by atoms with Gasteiger partial charge >= 0.3 is 0 Å². The van der Waals surface area contributed by atoms with Gasteiger partial charge in [0.2, 0.25) is 0 Å². The Balaban J connectivity index is 2.54. The lowest BCUT2D eigenvalue weighted by Gasteiger charge is -2.14. The first kappa shape index (κ1) is 15.8. The lowest BCUT2D eigenvalue weighted by Crippen LogP contribution is -2.33. The summed E-state index contributed by atoms with van der Waals surface area (Å²) >= 11 is 3.84. The molecular weight excluding hydrogens is 364 g/mol. The largest absolute Gasteiger partial charge is 0.350 e. The van der Waals surface area contributed by atoms with Crippen molar-refractivity contribution in [3.8, 4) is 0 Å². The zero-order valence-corrected chi connectivity index (χ0v) is 13.5. The van der Waals surface area contributed by atoms with Gasteiger partial charge in [0.1, 0.15) is 5.82 Å². The monoisotopic (exact) mass is 381 g/mol.